The van der Waals surface area contributed by atoms with Crippen LogP contribution in [0.2, 0.25) is 0 Å². The smallest absolute Gasteiger partial charge is 0.309 e. The zero-order valence-electron chi connectivity index (χ0n) is 13.6. The molecule has 3 rings (SSSR count). The zero-order chi connectivity index (χ0) is 19.3. The van der Waals surface area contributed by atoms with Gasteiger partial charge in [0.15, 0.2) is 27.0 Å². The Labute approximate surface area is 147 Å². The summed E-state index contributed by atoms with van der Waals surface area (Å²) in [6.45, 7) is 1.46. The van der Waals surface area contributed by atoms with E-state index in [0.717, 1.165) is 6.07 Å². The van der Waals surface area contributed by atoms with Gasteiger partial charge in [-0.25, -0.2) is 13.4 Å². The van der Waals surface area contributed by atoms with E-state index in [1.807, 2.05) is 0 Å². The molecule has 26 heavy (non-hydrogen) atoms. The molecule has 2 radical (unpaired) electrons. The Morgan fingerprint density at radius 2 is 1.92 bits per heavy atom. The number of aryl methyl sites for hydroxylation is 1. The molecule has 0 aliphatic rings. The van der Waals surface area contributed by atoms with Crippen LogP contribution in [-0.4, -0.2) is 46.7 Å². The van der Waals surface area contributed by atoms with Gasteiger partial charge < -0.3 is 4.57 Å². The maximum atomic E-state index is 12.8. The van der Waals surface area contributed by atoms with E-state index in [0.29, 0.717) is 0 Å². The van der Waals surface area contributed by atoms with E-state index in [4.69, 9.17) is 7.85 Å². The highest BCUT2D eigenvalue weighted by atomic mass is 32.2. The first-order chi connectivity index (χ1) is 12.0. The van der Waals surface area contributed by atoms with Gasteiger partial charge in [-0.1, -0.05) is 12.4 Å². The summed E-state index contributed by atoms with van der Waals surface area (Å²) in [6.07, 6.45) is -3.43. The first kappa shape index (κ1) is 18.3. The van der Waals surface area contributed by atoms with Crippen molar-refractivity contribution in [2.45, 2.75) is 18.0 Å². The maximum Gasteiger partial charge on any atom is 0.435 e. The third-order valence-corrected chi connectivity index (χ3v) is 5.45. The third kappa shape index (κ3) is 3.04. The molecule has 0 amide bonds. The van der Waals surface area contributed by atoms with Gasteiger partial charge in [0.05, 0.1) is 10.6 Å². The van der Waals surface area contributed by atoms with E-state index in [9.17, 15) is 21.6 Å². The fourth-order valence-electron chi connectivity index (χ4n) is 2.36. The van der Waals surface area contributed by atoms with Crippen molar-refractivity contribution in [2.24, 2.45) is 7.05 Å². The summed E-state index contributed by atoms with van der Waals surface area (Å²) in [7, 11) is 3.42. The molecule has 0 aliphatic heterocycles. The molecule has 0 saturated carbocycles. The summed E-state index contributed by atoms with van der Waals surface area (Å²) >= 11 is 0. The quantitative estimate of drug-likeness (QED) is 0.630. The van der Waals surface area contributed by atoms with Crippen molar-refractivity contribution in [1.29, 1.82) is 0 Å². The van der Waals surface area contributed by atoms with Crippen molar-refractivity contribution in [1.82, 2.24) is 24.7 Å². The number of fused-ring (bicyclic) bond motifs is 1. The molecule has 0 N–H and O–H groups in total. The van der Waals surface area contributed by atoms with Gasteiger partial charge in [-0.3, -0.25) is 4.98 Å². The predicted molar refractivity (Wildman–Crippen MR) is 87.7 cm³/mol. The van der Waals surface area contributed by atoms with Crippen molar-refractivity contribution in [2.75, 3.05) is 5.75 Å². The number of halogens is 3. The molecule has 0 aromatic carbocycles. The molecule has 7 nitrogen and oxygen atoms in total. The van der Waals surface area contributed by atoms with Crippen LogP contribution >= 0.6 is 0 Å². The first-order valence-electron chi connectivity index (χ1n) is 7.30. The first-order valence-corrected chi connectivity index (χ1v) is 8.96. The number of aromatic nitrogens is 5. The highest BCUT2D eigenvalue weighted by Crippen LogP contribution is 2.31. The van der Waals surface area contributed by atoms with Crippen LogP contribution in [0.5, 0.6) is 0 Å². The number of imidazole rings is 1. The summed E-state index contributed by atoms with van der Waals surface area (Å²) in [5, 5.41) is 6.70. The van der Waals surface area contributed by atoms with Gasteiger partial charge in [0, 0.05) is 19.3 Å². The van der Waals surface area contributed by atoms with E-state index in [1.54, 1.807) is 0 Å². The second-order valence-corrected chi connectivity index (χ2v) is 7.70. The molecule has 3 aromatic rings. The number of alkyl halides is 3. The minimum absolute atomic E-state index is 0.0184. The Balaban J connectivity index is 2.29. The lowest BCUT2D eigenvalue weighted by Crippen LogP contribution is -2.14. The fraction of sp³-hybridized carbons (Fsp3) is 0.286. The topological polar surface area (TPSA) is 90.6 Å². The Hall–Kier alpha value is -2.50. The molecule has 3 aromatic heterocycles. The maximum absolute atomic E-state index is 12.8. The molecule has 12 heteroatoms. The van der Waals surface area contributed by atoms with E-state index in [2.05, 4.69) is 20.2 Å². The van der Waals surface area contributed by atoms with Crippen molar-refractivity contribution < 1.29 is 21.6 Å². The molecule has 0 aliphatic carbocycles. The van der Waals surface area contributed by atoms with Crippen LogP contribution in [-0.2, 0) is 23.1 Å². The summed E-state index contributed by atoms with van der Waals surface area (Å²) in [4.78, 5) is 7.97. The average Bonchev–Trinajstić information content (AvgIpc) is 2.90. The van der Waals surface area contributed by atoms with E-state index in [-0.39, 0.29) is 38.8 Å². The van der Waals surface area contributed by atoms with Gasteiger partial charge in [0.2, 0.25) is 0 Å². The normalized spacial score (nSPS) is 12.7. The van der Waals surface area contributed by atoms with Crippen LogP contribution in [0.15, 0.2) is 23.2 Å². The summed E-state index contributed by atoms with van der Waals surface area (Å²) in [5.74, 6) is -0.159. The Morgan fingerprint density at radius 1 is 1.23 bits per heavy atom. The highest BCUT2D eigenvalue weighted by molar-refractivity contribution is 7.91. The van der Waals surface area contributed by atoms with Gasteiger partial charge in [-0.15, -0.1) is 10.2 Å². The molecule has 0 atom stereocenters. The van der Waals surface area contributed by atoms with Crippen molar-refractivity contribution in [3.63, 3.8) is 0 Å². The SMILES string of the molecule is [B]c1cnc(-c2nc3cc(C(F)(F)F)nnc3n2C)c(S(=O)(=O)CC)c1. The van der Waals surface area contributed by atoms with Crippen LogP contribution in [0.1, 0.15) is 12.6 Å². The number of sulfone groups is 1. The van der Waals surface area contributed by atoms with Gasteiger partial charge in [0.25, 0.3) is 0 Å². The fourth-order valence-corrected chi connectivity index (χ4v) is 3.42. The molecule has 0 spiro atoms. The van der Waals surface area contributed by atoms with Crippen LogP contribution in [0.25, 0.3) is 22.7 Å². The van der Waals surface area contributed by atoms with Crippen LogP contribution in [0.4, 0.5) is 13.2 Å². The number of hydrogen-bond donors (Lipinski definition) is 0. The number of hydrogen-bond acceptors (Lipinski definition) is 6. The van der Waals surface area contributed by atoms with Crippen LogP contribution in [0.3, 0.4) is 0 Å². The van der Waals surface area contributed by atoms with Crippen molar-refractivity contribution in [3.05, 3.63) is 24.0 Å². The monoisotopic (exact) mass is 381 g/mol. The lowest BCUT2D eigenvalue weighted by Gasteiger charge is -2.09. The number of rotatable bonds is 3. The van der Waals surface area contributed by atoms with Crippen LogP contribution < -0.4 is 5.46 Å². The van der Waals surface area contributed by atoms with Crippen LogP contribution in [0, 0.1) is 0 Å². The average molecular weight is 381 g/mol. The lowest BCUT2D eigenvalue weighted by atomic mass is 9.99. The minimum atomic E-state index is -4.67. The molecular formula is C14H11BF3N5O2S. The Morgan fingerprint density at radius 3 is 2.54 bits per heavy atom. The van der Waals surface area contributed by atoms with Crippen molar-refractivity contribution >= 4 is 34.3 Å². The van der Waals surface area contributed by atoms with Gasteiger partial charge >= 0.3 is 6.18 Å². The van der Waals surface area contributed by atoms with E-state index >= 15 is 0 Å². The summed E-state index contributed by atoms with van der Waals surface area (Å²) in [5.41, 5.74) is -1.09. The molecule has 3 heterocycles. The molecule has 134 valence electrons. The molecule has 0 bridgehead atoms. The van der Waals surface area contributed by atoms with Gasteiger partial charge in [-0.05, 0) is 6.07 Å². The molecule has 0 saturated heterocycles. The highest BCUT2D eigenvalue weighted by Gasteiger charge is 2.34. The predicted octanol–water partition coefficient (Wildman–Crippen LogP) is 1.03. The summed E-state index contributed by atoms with van der Waals surface area (Å²) < 4.78 is 64.5. The zero-order valence-corrected chi connectivity index (χ0v) is 14.4. The van der Waals surface area contributed by atoms with E-state index < -0.39 is 21.7 Å². The van der Waals surface area contributed by atoms with Gasteiger partial charge in [0.1, 0.15) is 19.1 Å². The standard InChI is InChI=1S/C14H11BF3N5O2S/c1-3-26(24,25)9-4-7(15)6-19-11(9)13-20-8-5-10(14(16,17)18)21-22-12(8)23(13)2/h4-6H,3H2,1-2H3. The molecular weight excluding hydrogens is 370 g/mol. The Bertz CT molecular complexity index is 1110. The van der Waals surface area contributed by atoms with E-state index in [1.165, 1.54) is 30.8 Å². The minimum Gasteiger partial charge on any atom is -0.309 e. The largest absolute Gasteiger partial charge is 0.435 e. The van der Waals surface area contributed by atoms with Crippen molar-refractivity contribution in [3.8, 4) is 11.5 Å². The Kier molecular flexibility index (Phi) is 4.25. The summed E-state index contributed by atoms with van der Waals surface area (Å²) in [6, 6.07) is 1.99. The molecule has 0 fully saturated rings. The molecule has 0 unspecified atom stereocenters. The second kappa shape index (κ2) is 6.04. The third-order valence-electron chi connectivity index (χ3n) is 3.71. The van der Waals surface area contributed by atoms with Gasteiger partial charge in [-0.2, -0.15) is 13.2 Å². The number of pyridine rings is 1. The lowest BCUT2D eigenvalue weighted by molar-refractivity contribution is -0.141. The second-order valence-electron chi connectivity index (χ2n) is 5.45. The number of nitrogens with zero attached hydrogens (tertiary/aromatic N) is 5.